The Morgan fingerprint density at radius 1 is 0.296 bits per heavy atom. The van der Waals surface area contributed by atoms with E-state index >= 15 is 0 Å². The highest BCUT2D eigenvalue weighted by Gasteiger charge is 2.18. The lowest BCUT2D eigenvalue weighted by atomic mass is 9.93. The number of furan rings is 1. The Bertz CT molecular complexity index is 2890. The van der Waals surface area contributed by atoms with Crippen LogP contribution in [-0.2, 0) is 0 Å². The van der Waals surface area contributed by atoms with Gasteiger partial charge in [0.1, 0.15) is 11.2 Å². The summed E-state index contributed by atoms with van der Waals surface area (Å²) in [5, 5.41) is 4.60. The topological polar surface area (TPSA) is 16.4 Å². The average Bonchev–Trinajstić information content (AvgIpc) is 3.64. The van der Waals surface area contributed by atoms with Crippen LogP contribution < -0.4 is 4.90 Å². The number of fused-ring (bicyclic) bond motifs is 5. The smallest absolute Gasteiger partial charge is 0.143 e. The summed E-state index contributed by atoms with van der Waals surface area (Å²) in [5.74, 6) is 0. The fourth-order valence-electron chi connectivity index (χ4n) is 7.76. The van der Waals surface area contributed by atoms with E-state index in [1.54, 1.807) is 0 Å². The van der Waals surface area contributed by atoms with Gasteiger partial charge in [-0.25, -0.2) is 0 Å². The van der Waals surface area contributed by atoms with E-state index in [4.69, 9.17) is 4.42 Å². The molecule has 0 radical (unpaired) electrons. The maximum absolute atomic E-state index is 6.53. The first kappa shape index (κ1) is 31.6. The number of rotatable bonds is 7. The van der Waals surface area contributed by atoms with Crippen molar-refractivity contribution in [3.63, 3.8) is 0 Å². The molecule has 0 aliphatic carbocycles. The van der Waals surface area contributed by atoms with Gasteiger partial charge in [0.25, 0.3) is 0 Å². The third-order valence-corrected chi connectivity index (χ3v) is 10.5. The van der Waals surface area contributed by atoms with Gasteiger partial charge in [0.15, 0.2) is 0 Å². The second-order valence-electron chi connectivity index (χ2n) is 13.7. The summed E-state index contributed by atoms with van der Waals surface area (Å²) in [5.41, 5.74) is 14.5. The summed E-state index contributed by atoms with van der Waals surface area (Å²) in [6.07, 6.45) is 0. The largest absolute Gasteiger partial charge is 0.455 e. The third-order valence-electron chi connectivity index (χ3n) is 10.5. The summed E-state index contributed by atoms with van der Waals surface area (Å²) >= 11 is 0. The Balaban J connectivity index is 1.08. The molecule has 2 nitrogen and oxygen atoms in total. The van der Waals surface area contributed by atoms with Crippen molar-refractivity contribution in [3.8, 4) is 44.5 Å². The zero-order valence-corrected chi connectivity index (χ0v) is 29.6. The standard InChI is InChI=1S/C52H35NO/c1-4-12-36(13-5-1)37-20-26-43(27-21-37)53(45-30-33-46(39-14-6-2-7-15-39)50(35-45)40-16-8-3-9-17-40)44-28-22-38(23-29-44)42-25-31-48-49-32-24-41-18-10-11-19-47(41)52(49)54-51(48)34-42/h1-35H. The molecule has 10 rings (SSSR count). The van der Waals surface area contributed by atoms with Crippen molar-refractivity contribution in [2.24, 2.45) is 0 Å². The molecule has 1 heterocycles. The fourth-order valence-corrected chi connectivity index (χ4v) is 7.76. The molecule has 0 aliphatic rings. The minimum absolute atomic E-state index is 0.898. The van der Waals surface area contributed by atoms with Gasteiger partial charge in [-0.3, -0.25) is 0 Å². The number of benzene rings is 9. The quantitative estimate of drug-likeness (QED) is 0.166. The van der Waals surface area contributed by atoms with Crippen LogP contribution in [0.3, 0.4) is 0 Å². The molecule has 0 amide bonds. The predicted molar refractivity (Wildman–Crippen MR) is 228 cm³/mol. The minimum atomic E-state index is 0.898. The Morgan fingerprint density at radius 2 is 0.796 bits per heavy atom. The maximum atomic E-state index is 6.53. The molecule has 0 aliphatic heterocycles. The molecule has 0 atom stereocenters. The van der Waals surface area contributed by atoms with Crippen LogP contribution in [0.2, 0.25) is 0 Å². The van der Waals surface area contributed by atoms with E-state index in [0.717, 1.165) is 55.5 Å². The molecule has 1 aromatic heterocycles. The number of hydrogen-bond acceptors (Lipinski definition) is 2. The van der Waals surface area contributed by atoms with E-state index in [-0.39, 0.29) is 0 Å². The van der Waals surface area contributed by atoms with Crippen molar-refractivity contribution in [3.05, 3.63) is 212 Å². The summed E-state index contributed by atoms with van der Waals surface area (Å²) in [6, 6.07) is 75.8. The molecule has 0 bridgehead atoms. The molecule has 0 fully saturated rings. The van der Waals surface area contributed by atoms with Gasteiger partial charge in [0.05, 0.1) is 0 Å². The van der Waals surface area contributed by atoms with Gasteiger partial charge in [0.2, 0.25) is 0 Å². The SMILES string of the molecule is c1ccc(-c2ccc(N(c3ccc(-c4ccc5c(c4)oc4c6ccccc6ccc54)cc3)c3ccc(-c4ccccc4)c(-c4ccccc4)c3)cc2)cc1. The third kappa shape index (κ3) is 5.71. The molecule has 0 N–H and O–H groups in total. The van der Waals surface area contributed by atoms with E-state index in [9.17, 15) is 0 Å². The average molecular weight is 690 g/mol. The molecule has 10 aromatic rings. The number of nitrogens with zero attached hydrogens (tertiary/aromatic N) is 1. The van der Waals surface area contributed by atoms with Crippen molar-refractivity contribution < 1.29 is 4.42 Å². The highest BCUT2D eigenvalue weighted by atomic mass is 16.3. The second-order valence-corrected chi connectivity index (χ2v) is 13.7. The first-order valence-corrected chi connectivity index (χ1v) is 18.4. The molecule has 254 valence electrons. The Labute approximate surface area is 314 Å². The summed E-state index contributed by atoms with van der Waals surface area (Å²) in [7, 11) is 0. The van der Waals surface area contributed by atoms with Crippen molar-refractivity contribution in [1.82, 2.24) is 0 Å². The normalized spacial score (nSPS) is 11.3. The van der Waals surface area contributed by atoms with Crippen LogP contribution in [0.15, 0.2) is 217 Å². The monoisotopic (exact) mass is 689 g/mol. The zero-order chi connectivity index (χ0) is 35.8. The van der Waals surface area contributed by atoms with Gasteiger partial charge >= 0.3 is 0 Å². The van der Waals surface area contributed by atoms with Crippen LogP contribution in [0.5, 0.6) is 0 Å². The van der Waals surface area contributed by atoms with Crippen LogP contribution >= 0.6 is 0 Å². The van der Waals surface area contributed by atoms with E-state index in [0.29, 0.717) is 0 Å². The molecule has 0 saturated heterocycles. The molecule has 0 spiro atoms. The number of anilines is 3. The van der Waals surface area contributed by atoms with E-state index in [1.807, 2.05) is 0 Å². The van der Waals surface area contributed by atoms with Gasteiger partial charge in [-0.15, -0.1) is 0 Å². The molecule has 2 heteroatoms. The maximum Gasteiger partial charge on any atom is 0.143 e. The van der Waals surface area contributed by atoms with Gasteiger partial charge < -0.3 is 9.32 Å². The van der Waals surface area contributed by atoms with Gasteiger partial charge in [-0.1, -0.05) is 158 Å². The molecule has 0 unspecified atom stereocenters. The van der Waals surface area contributed by atoms with Gasteiger partial charge in [-0.05, 0) is 104 Å². The van der Waals surface area contributed by atoms with Crippen LogP contribution in [0, 0.1) is 0 Å². The first-order chi connectivity index (χ1) is 26.8. The van der Waals surface area contributed by atoms with Crippen LogP contribution in [0.4, 0.5) is 17.1 Å². The Hall–Kier alpha value is -7.16. The van der Waals surface area contributed by atoms with Crippen molar-refractivity contribution in [1.29, 1.82) is 0 Å². The van der Waals surface area contributed by atoms with Crippen molar-refractivity contribution in [2.75, 3.05) is 4.90 Å². The second kappa shape index (κ2) is 13.4. The predicted octanol–water partition coefficient (Wildman–Crippen LogP) is 14.9. The highest BCUT2D eigenvalue weighted by molar-refractivity contribution is 6.15. The van der Waals surface area contributed by atoms with Crippen LogP contribution in [0.1, 0.15) is 0 Å². The molecule has 54 heavy (non-hydrogen) atoms. The van der Waals surface area contributed by atoms with Crippen LogP contribution in [0.25, 0.3) is 77.2 Å². The summed E-state index contributed by atoms with van der Waals surface area (Å²) < 4.78 is 6.53. The fraction of sp³-hybridized carbons (Fsp3) is 0. The lowest BCUT2D eigenvalue weighted by Crippen LogP contribution is -2.10. The molecule has 9 aromatic carbocycles. The van der Waals surface area contributed by atoms with Crippen molar-refractivity contribution >= 4 is 49.8 Å². The molecular formula is C52H35NO. The molecule has 0 saturated carbocycles. The summed E-state index contributed by atoms with van der Waals surface area (Å²) in [6.45, 7) is 0. The first-order valence-electron chi connectivity index (χ1n) is 18.4. The Kier molecular flexibility index (Phi) is 7.85. The van der Waals surface area contributed by atoms with Crippen LogP contribution in [-0.4, -0.2) is 0 Å². The van der Waals surface area contributed by atoms with Gasteiger partial charge in [-0.2, -0.15) is 0 Å². The number of hydrogen-bond donors (Lipinski definition) is 0. The van der Waals surface area contributed by atoms with E-state index < -0.39 is 0 Å². The van der Waals surface area contributed by atoms with Gasteiger partial charge in [0, 0.05) is 33.2 Å². The van der Waals surface area contributed by atoms with Crippen molar-refractivity contribution in [2.45, 2.75) is 0 Å². The van der Waals surface area contributed by atoms with E-state index in [2.05, 4.69) is 217 Å². The lowest BCUT2D eigenvalue weighted by Gasteiger charge is -2.27. The Morgan fingerprint density at radius 3 is 1.46 bits per heavy atom. The lowest BCUT2D eigenvalue weighted by molar-refractivity contribution is 0.673. The zero-order valence-electron chi connectivity index (χ0n) is 29.6. The molecular weight excluding hydrogens is 655 g/mol. The minimum Gasteiger partial charge on any atom is -0.455 e. The van der Waals surface area contributed by atoms with E-state index in [1.165, 1.54) is 38.8 Å². The summed E-state index contributed by atoms with van der Waals surface area (Å²) in [4.78, 5) is 2.35. The highest BCUT2D eigenvalue weighted by Crippen LogP contribution is 2.42.